The number of aromatic nitrogens is 1. The summed E-state index contributed by atoms with van der Waals surface area (Å²) in [5.74, 6) is 0. The standard InChI is InChI=1S/C58H40N2/c1-5-18-41(19-6-1)44-32-34-50(35-33-44)59(52-38-47(42-20-7-2-8-21-42)36-48(39-52)43-22-9-3-10-23-43)51-28-17-25-46(37-51)57-53-29-14-13-24-45(53)40-56-58(57)54-30-15-16-31-55(54)60(56)49-26-11-4-12-27-49/h1-40H. The number of nitrogens with zero attached hydrogens (tertiary/aromatic N) is 2. The van der Waals surface area contributed by atoms with Crippen LogP contribution in [0.4, 0.5) is 17.1 Å². The zero-order valence-electron chi connectivity index (χ0n) is 33.0. The second kappa shape index (κ2) is 15.1. The Balaban J connectivity index is 1.17. The van der Waals surface area contributed by atoms with Gasteiger partial charge in [0.25, 0.3) is 0 Å². The summed E-state index contributed by atoms with van der Waals surface area (Å²) in [6, 6.07) is 88.0. The highest BCUT2D eigenvalue weighted by Gasteiger charge is 2.21. The molecule has 11 aromatic rings. The van der Waals surface area contributed by atoms with Crippen molar-refractivity contribution in [2.24, 2.45) is 0 Å². The Morgan fingerprint density at radius 1 is 0.283 bits per heavy atom. The fourth-order valence-electron chi connectivity index (χ4n) is 8.96. The number of hydrogen-bond donors (Lipinski definition) is 0. The van der Waals surface area contributed by atoms with Gasteiger partial charge in [0, 0.05) is 33.5 Å². The predicted molar refractivity (Wildman–Crippen MR) is 255 cm³/mol. The zero-order chi connectivity index (χ0) is 39.8. The summed E-state index contributed by atoms with van der Waals surface area (Å²) in [4.78, 5) is 2.42. The Morgan fingerprint density at radius 3 is 1.43 bits per heavy atom. The topological polar surface area (TPSA) is 8.17 Å². The van der Waals surface area contributed by atoms with E-state index in [0.29, 0.717) is 0 Å². The maximum atomic E-state index is 2.42. The average molecular weight is 765 g/mol. The van der Waals surface area contributed by atoms with E-state index in [4.69, 9.17) is 0 Å². The molecule has 1 aromatic heterocycles. The summed E-state index contributed by atoms with van der Waals surface area (Å²) in [5, 5.41) is 4.93. The van der Waals surface area contributed by atoms with Crippen LogP contribution >= 0.6 is 0 Å². The smallest absolute Gasteiger partial charge is 0.0553 e. The number of anilines is 3. The Bertz CT molecular complexity index is 3220. The third-order valence-corrected chi connectivity index (χ3v) is 11.7. The molecule has 0 radical (unpaired) electrons. The molecule has 1 heterocycles. The van der Waals surface area contributed by atoms with Crippen LogP contribution < -0.4 is 4.90 Å². The summed E-state index contributed by atoms with van der Waals surface area (Å²) < 4.78 is 2.42. The van der Waals surface area contributed by atoms with Crippen molar-refractivity contribution in [3.8, 4) is 50.2 Å². The molecule has 0 aliphatic rings. The third-order valence-electron chi connectivity index (χ3n) is 11.7. The van der Waals surface area contributed by atoms with Crippen LogP contribution in [-0.4, -0.2) is 4.57 Å². The molecule has 0 N–H and O–H groups in total. The Hall–Kier alpha value is -7.94. The molecule has 0 unspecified atom stereocenters. The third kappa shape index (κ3) is 6.32. The van der Waals surface area contributed by atoms with E-state index in [-0.39, 0.29) is 0 Å². The van der Waals surface area contributed by atoms with Crippen LogP contribution in [0.5, 0.6) is 0 Å². The molecule has 2 nitrogen and oxygen atoms in total. The molecule has 0 atom stereocenters. The Kier molecular flexibility index (Phi) is 8.87. The first kappa shape index (κ1) is 35.2. The Labute approximate surface area is 350 Å². The van der Waals surface area contributed by atoms with Gasteiger partial charge >= 0.3 is 0 Å². The lowest BCUT2D eigenvalue weighted by Gasteiger charge is -2.28. The molecule has 0 saturated heterocycles. The maximum Gasteiger partial charge on any atom is 0.0553 e. The van der Waals surface area contributed by atoms with E-state index in [0.717, 1.165) is 22.7 Å². The van der Waals surface area contributed by atoms with Crippen LogP contribution in [0.2, 0.25) is 0 Å². The molecule has 0 aliphatic heterocycles. The predicted octanol–water partition coefficient (Wildman–Crippen LogP) is 16.1. The van der Waals surface area contributed by atoms with E-state index >= 15 is 0 Å². The van der Waals surface area contributed by atoms with Gasteiger partial charge in [-0.2, -0.15) is 0 Å². The molecule has 60 heavy (non-hydrogen) atoms. The molecule has 0 amide bonds. The van der Waals surface area contributed by atoms with Gasteiger partial charge < -0.3 is 9.47 Å². The van der Waals surface area contributed by atoms with E-state index in [2.05, 4.69) is 252 Å². The van der Waals surface area contributed by atoms with Gasteiger partial charge in [-0.15, -0.1) is 0 Å². The van der Waals surface area contributed by atoms with E-state index in [1.807, 2.05) is 0 Å². The molecule has 11 rings (SSSR count). The van der Waals surface area contributed by atoms with Gasteiger partial charge in [-0.05, 0) is 122 Å². The quantitative estimate of drug-likeness (QED) is 0.150. The molecule has 0 saturated carbocycles. The highest BCUT2D eigenvalue weighted by molar-refractivity contribution is 6.23. The fourth-order valence-corrected chi connectivity index (χ4v) is 8.96. The monoisotopic (exact) mass is 764 g/mol. The molecule has 0 bridgehead atoms. The van der Waals surface area contributed by atoms with E-state index in [1.165, 1.54) is 77.1 Å². The second-order valence-electron chi connectivity index (χ2n) is 15.4. The highest BCUT2D eigenvalue weighted by Crippen LogP contribution is 2.46. The van der Waals surface area contributed by atoms with E-state index < -0.39 is 0 Å². The second-order valence-corrected chi connectivity index (χ2v) is 15.4. The molecular formula is C58H40N2. The summed E-state index contributed by atoms with van der Waals surface area (Å²) in [5.41, 5.74) is 16.3. The normalized spacial score (nSPS) is 11.3. The SMILES string of the molecule is c1ccc(-c2ccc(N(c3cc(-c4ccccc4)cc(-c4ccccc4)c3)c3cccc(-c4c5ccccc5cc5c4c4ccccc4n5-c4ccccc4)c3)cc2)cc1. The van der Waals surface area contributed by atoms with Gasteiger partial charge in [0.15, 0.2) is 0 Å². The summed E-state index contributed by atoms with van der Waals surface area (Å²) in [6.07, 6.45) is 0. The van der Waals surface area contributed by atoms with Crippen molar-refractivity contribution >= 4 is 49.6 Å². The fraction of sp³-hybridized carbons (Fsp3) is 0. The first-order valence-electron chi connectivity index (χ1n) is 20.6. The summed E-state index contributed by atoms with van der Waals surface area (Å²) >= 11 is 0. The van der Waals surface area contributed by atoms with Crippen LogP contribution in [0, 0.1) is 0 Å². The minimum absolute atomic E-state index is 1.08. The lowest BCUT2D eigenvalue weighted by molar-refractivity contribution is 1.18. The molecule has 10 aromatic carbocycles. The first-order valence-corrected chi connectivity index (χ1v) is 20.6. The number of rotatable bonds is 8. The average Bonchev–Trinajstić information content (AvgIpc) is 3.66. The minimum Gasteiger partial charge on any atom is -0.310 e. The first-order chi connectivity index (χ1) is 29.8. The highest BCUT2D eigenvalue weighted by atomic mass is 15.1. The van der Waals surface area contributed by atoms with Crippen molar-refractivity contribution in [3.63, 3.8) is 0 Å². The van der Waals surface area contributed by atoms with Crippen LogP contribution in [-0.2, 0) is 0 Å². The molecule has 2 heteroatoms. The van der Waals surface area contributed by atoms with Crippen molar-refractivity contribution in [2.45, 2.75) is 0 Å². The van der Waals surface area contributed by atoms with E-state index in [1.54, 1.807) is 0 Å². The van der Waals surface area contributed by atoms with Gasteiger partial charge in [0.2, 0.25) is 0 Å². The number of fused-ring (bicyclic) bond motifs is 4. The van der Waals surface area contributed by atoms with Gasteiger partial charge in [0.05, 0.1) is 11.0 Å². The maximum absolute atomic E-state index is 2.42. The van der Waals surface area contributed by atoms with Gasteiger partial charge in [-0.3, -0.25) is 0 Å². The van der Waals surface area contributed by atoms with Gasteiger partial charge in [0.1, 0.15) is 0 Å². The van der Waals surface area contributed by atoms with Crippen molar-refractivity contribution in [2.75, 3.05) is 4.90 Å². The molecule has 0 fully saturated rings. The van der Waals surface area contributed by atoms with Crippen molar-refractivity contribution < 1.29 is 0 Å². The summed E-state index contributed by atoms with van der Waals surface area (Å²) in [6.45, 7) is 0. The van der Waals surface area contributed by atoms with Gasteiger partial charge in [-0.1, -0.05) is 176 Å². The summed E-state index contributed by atoms with van der Waals surface area (Å²) in [7, 11) is 0. The van der Waals surface area contributed by atoms with Crippen LogP contribution in [0.3, 0.4) is 0 Å². The van der Waals surface area contributed by atoms with Crippen molar-refractivity contribution in [1.29, 1.82) is 0 Å². The number of para-hydroxylation sites is 2. The van der Waals surface area contributed by atoms with Gasteiger partial charge in [-0.25, -0.2) is 0 Å². The molecule has 282 valence electrons. The lowest BCUT2D eigenvalue weighted by atomic mass is 9.92. The number of hydrogen-bond acceptors (Lipinski definition) is 1. The molecule has 0 aliphatic carbocycles. The van der Waals surface area contributed by atoms with Crippen LogP contribution in [0.1, 0.15) is 0 Å². The lowest BCUT2D eigenvalue weighted by Crippen LogP contribution is -2.10. The molecular weight excluding hydrogens is 725 g/mol. The van der Waals surface area contributed by atoms with Crippen LogP contribution in [0.25, 0.3) is 82.8 Å². The van der Waals surface area contributed by atoms with Crippen LogP contribution in [0.15, 0.2) is 243 Å². The molecule has 0 spiro atoms. The Morgan fingerprint density at radius 2 is 0.783 bits per heavy atom. The van der Waals surface area contributed by atoms with Crippen molar-refractivity contribution in [1.82, 2.24) is 4.57 Å². The minimum atomic E-state index is 1.08. The van der Waals surface area contributed by atoms with Crippen molar-refractivity contribution in [3.05, 3.63) is 243 Å². The largest absolute Gasteiger partial charge is 0.310 e. The zero-order valence-corrected chi connectivity index (χ0v) is 33.0. The number of benzene rings is 10. The van der Waals surface area contributed by atoms with E-state index in [9.17, 15) is 0 Å².